The molecule has 1 saturated heterocycles. The minimum atomic E-state index is 0.206. The number of nitrogens with zero attached hydrogens (tertiary/aromatic N) is 1. The van der Waals surface area contributed by atoms with Gasteiger partial charge in [-0.25, -0.2) is 5.90 Å². The molecule has 1 rings (SSSR count). The molecule has 13 heavy (non-hydrogen) atoms. The van der Waals surface area contributed by atoms with Gasteiger partial charge < -0.3 is 9.74 Å². The van der Waals surface area contributed by atoms with Gasteiger partial charge in [0, 0.05) is 6.04 Å². The predicted octanol–water partition coefficient (Wildman–Crippen LogP) is 1.39. The summed E-state index contributed by atoms with van der Waals surface area (Å²) in [4.78, 5) is 7.18. The fourth-order valence-corrected chi connectivity index (χ4v) is 2.16. The third-order valence-electron chi connectivity index (χ3n) is 2.93. The van der Waals surface area contributed by atoms with Crippen molar-refractivity contribution in [3.63, 3.8) is 0 Å². The molecule has 0 aromatic heterocycles. The average molecular weight is 186 g/mol. The van der Waals surface area contributed by atoms with E-state index in [4.69, 9.17) is 10.7 Å². The minimum absolute atomic E-state index is 0.206. The van der Waals surface area contributed by atoms with Gasteiger partial charge in [-0.2, -0.15) is 0 Å². The molecule has 0 amide bonds. The zero-order valence-electron chi connectivity index (χ0n) is 9.05. The molecule has 1 unspecified atom stereocenters. The molecule has 0 saturated carbocycles. The number of hydrogen-bond acceptors (Lipinski definition) is 3. The molecule has 0 aromatic rings. The van der Waals surface area contributed by atoms with E-state index in [0.29, 0.717) is 6.61 Å². The molecule has 0 spiro atoms. The van der Waals surface area contributed by atoms with Crippen molar-refractivity contribution in [2.24, 2.45) is 11.3 Å². The third-order valence-corrected chi connectivity index (χ3v) is 2.93. The first kappa shape index (κ1) is 11.0. The molecule has 0 aromatic carbocycles. The Balaban J connectivity index is 2.37. The summed E-state index contributed by atoms with van der Waals surface area (Å²) in [5, 5.41) is 0. The van der Waals surface area contributed by atoms with E-state index in [1.54, 1.807) is 0 Å². The molecule has 1 aliphatic heterocycles. The highest BCUT2D eigenvalue weighted by Crippen LogP contribution is 2.29. The van der Waals surface area contributed by atoms with Crippen molar-refractivity contribution >= 4 is 0 Å². The third kappa shape index (κ3) is 3.25. The van der Waals surface area contributed by atoms with E-state index < -0.39 is 0 Å². The first-order chi connectivity index (χ1) is 6.05. The Morgan fingerprint density at radius 2 is 2.23 bits per heavy atom. The van der Waals surface area contributed by atoms with Crippen LogP contribution >= 0.6 is 0 Å². The van der Waals surface area contributed by atoms with Crippen molar-refractivity contribution in [2.45, 2.75) is 39.2 Å². The van der Waals surface area contributed by atoms with Gasteiger partial charge >= 0.3 is 0 Å². The van der Waals surface area contributed by atoms with Gasteiger partial charge in [-0.3, -0.25) is 0 Å². The van der Waals surface area contributed by atoms with Crippen molar-refractivity contribution in [3.8, 4) is 0 Å². The van der Waals surface area contributed by atoms with Crippen molar-refractivity contribution in [3.05, 3.63) is 0 Å². The van der Waals surface area contributed by atoms with E-state index >= 15 is 0 Å². The second-order valence-corrected chi connectivity index (χ2v) is 4.96. The first-order valence-corrected chi connectivity index (χ1v) is 5.07. The van der Waals surface area contributed by atoms with Crippen LogP contribution in [0.25, 0.3) is 0 Å². The molecule has 1 fully saturated rings. The van der Waals surface area contributed by atoms with Gasteiger partial charge in [0.05, 0.1) is 6.61 Å². The number of hydrogen-bond donors (Lipinski definition) is 1. The van der Waals surface area contributed by atoms with Crippen molar-refractivity contribution in [2.75, 3.05) is 20.2 Å². The lowest BCUT2D eigenvalue weighted by Crippen LogP contribution is -2.33. The Labute approximate surface area is 81.2 Å². The standard InChI is InChI=1S/C10H22N2O/c1-10(2,8-13-11)7-9-5-4-6-12(9)3/h9H,4-8,11H2,1-3H3. The molecule has 2 N–H and O–H groups in total. The number of nitrogens with two attached hydrogens (primary N) is 1. The van der Waals surface area contributed by atoms with E-state index in [1.807, 2.05) is 0 Å². The summed E-state index contributed by atoms with van der Waals surface area (Å²) in [6.07, 6.45) is 3.84. The molecule has 1 heterocycles. The van der Waals surface area contributed by atoms with Gasteiger partial charge in [-0.1, -0.05) is 13.8 Å². The van der Waals surface area contributed by atoms with Crippen molar-refractivity contribution in [1.29, 1.82) is 0 Å². The lowest BCUT2D eigenvalue weighted by atomic mass is 9.86. The molecule has 1 atom stereocenters. The zero-order valence-corrected chi connectivity index (χ0v) is 9.05. The molecular formula is C10H22N2O. The van der Waals surface area contributed by atoms with E-state index in [1.165, 1.54) is 25.8 Å². The second-order valence-electron chi connectivity index (χ2n) is 4.96. The highest BCUT2D eigenvalue weighted by atomic mass is 16.6. The van der Waals surface area contributed by atoms with Crippen LogP contribution in [0.2, 0.25) is 0 Å². The van der Waals surface area contributed by atoms with Crippen LogP contribution in [-0.4, -0.2) is 31.1 Å². The number of likely N-dealkylation sites (tertiary alicyclic amines) is 1. The van der Waals surface area contributed by atoms with Gasteiger partial charge in [0.15, 0.2) is 0 Å². The van der Waals surface area contributed by atoms with Crippen LogP contribution in [0.1, 0.15) is 33.1 Å². The van der Waals surface area contributed by atoms with Crippen LogP contribution in [0, 0.1) is 5.41 Å². The molecule has 0 bridgehead atoms. The van der Waals surface area contributed by atoms with Gasteiger partial charge in [0.2, 0.25) is 0 Å². The van der Waals surface area contributed by atoms with Crippen molar-refractivity contribution < 1.29 is 4.84 Å². The van der Waals surface area contributed by atoms with Crippen molar-refractivity contribution in [1.82, 2.24) is 4.90 Å². The van der Waals surface area contributed by atoms with E-state index in [-0.39, 0.29) is 5.41 Å². The van der Waals surface area contributed by atoms with E-state index in [0.717, 1.165) is 6.04 Å². The minimum Gasteiger partial charge on any atom is -0.304 e. The lowest BCUT2D eigenvalue weighted by molar-refractivity contribution is 0.0456. The maximum atomic E-state index is 5.11. The largest absolute Gasteiger partial charge is 0.304 e. The number of rotatable bonds is 4. The Kier molecular flexibility index (Phi) is 3.71. The molecule has 0 radical (unpaired) electrons. The quantitative estimate of drug-likeness (QED) is 0.674. The highest BCUT2D eigenvalue weighted by Gasteiger charge is 2.28. The van der Waals surface area contributed by atoms with Crippen LogP contribution in [0.4, 0.5) is 0 Å². The van der Waals surface area contributed by atoms with Crippen LogP contribution in [0.5, 0.6) is 0 Å². The Hall–Kier alpha value is -0.120. The molecule has 3 nitrogen and oxygen atoms in total. The molecule has 78 valence electrons. The topological polar surface area (TPSA) is 38.5 Å². The van der Waals surface area contributed by atoms with Crippen LogP contribution < -0.4 is 5.90 Å². The van der Waals surface area contributed by atoms with Gasteiger partial charge in [0.25, 0.3) is 0 Å². The zero-order chi connectivity index (χ0) is 9.90. The average Bonchev–Trinajstić information content (AvgIpc) is 2.35. The Bertz CT molecular complexity index is 159. The predicted molar refractivity (Wildman–Crippen MR) is 54.2 cm³/mol. The SMILES string of the molecule is CN1CCCC1CC(C)(C)CON. The van der Waals surface area contributed by atoms with E-state index in [9.17, 15) is 0 Å². The summed E-state index contributed by atoms with van der Waals surface area (Å²) in [5.74, 6) is 5.11. The fourth-order valence-electron chi connectivity index (χ4n) is 2.16. The Morgan fingerprint density at radius 3 is 2.69 bits per heavy atom. The van der Waals surface area contributed by atoms with Gasteiger partial charge in [0.1, 0.15) is 0 Å². The summed E-state index contributed by atoms with van der Waals surface area (Å²) in [7, 11) is 2.21. The molecule has 1 aliphatic rings. The normalized spacial score (nSPS) is 25.4. The molecule has 0 aliphatic carbocycles. The summed E-state index contributed by atoms with van der Waals surface area (Å²) in [6, 6.07) is 0.727. The van der Waals surface area contributed by atoms with Crippen LogP contribution in [0.15, 0.2) is 0 Å². The maximum absolute atomic E-state index is 5.11. The van der Waals surface area contributed by atoms with Gasteiger partial charge in [-0.05, 0) is 38.3 Å². The van der Waals surface area contributed by atoms with Gasteiger partial charge in [-0.15, -0.1) is 0 Å². The van der Waals surface area contributed by atoms with Crippen LogP contribution in [-0.2, 0) is 4.84 Å². The Morgan fingerprint density at radius 1 is 1.54 bits per heavy atom. The highest BCUT2D eigenvalue weighted by molar-refractivity contribution is 4.82. The maximum Gasteiger partial charge on any atom is 0.0730 e. The van der Waals surface area contributed by atoms with Crippen LogP contribution in [0.3, 0.4) is 0 Å². The second kappa shape index (κ2) is 4.40. The van der Waals surface area contributed by atoms with E-state index in [2.05, 4.69) is 25.8 Å². The summed E-state index contributed by atoms with van der Waals surface area (Å²) < 4.78 is 0. The lowest BCUT2D eigenvalue weighted by Gasteiger charge is -2.30. The summed E-state index contributed by atoms with van der Waals surface area (Å²) >= 11 is 0. The molecule has 3 heteroatoms. The molecular weight excluding hydrogens is 164 g/mol. The fraction of sp³-hybridized carbons (Fsp3) is 1.00. The monoisotopic (exact) mass is 186 g/mol. The summed E-state index contributed by atoms with van der Waals surface area (Å²) in [5.41, 5.74) is 0.206. The summed E-state index contributed by atoms with van der Waals surface area (Å²) in [6.45, 7) is 6.32. The smallest absolute Gasteiger partial charge is 0.0730 e. The first-order valence-electron chi connectivity index (χ1n) is 5.07.